The summed E-state index contributed by atoms with van der Waals surface area (Å²) in [4.78, 5) is 4.02. The molecule has 0 fully saturated rings. The van der Waals surface area contributed by atoms with Gasteiger partial charge in [0.2, 0.25) is 21.8 Å². The molecular weight excluding hydrogens is 510 g/mol. The molecular formula is C23H24ClN5O6S. The van der Waals surface area contributed by atoms with Crippen molar-refractivity contribution in [2.24, 2.45) is 0 Å². The zero-order valence-electron chi connectivity index (χ0n) is 19.8. The Morgan fingerprint density at radius 3 is 2.31 bits per heavy atom. The summed E-state index contributed by atoms with van der Waals surface area (Å²) in [7, 11) is -1.28. The average Bonchev–Trinajstić information content (AvgIpc) is 3.47. The van der Waals surface area contributed by atoms with E-state index in [-0.39, 0.29) is 22.6 Å². The quantitative estimate of drug-likeness (QED) is 0.307. The number of nitrogens with zero attached hydrogens (tertiary/aromatic N) is 4. The monoisotopic (exact) mass is 533 g/mol. The molecule has 0 spiro atoms. The van der Waals surface area contributed by atoms with Gasteiger partial charge in [-0.25, -0.2) is 13.4 Å². The van der Waals surface area contributed by atoms with Gasteiger partial charge in [-0.05, 0) is 50.2 Å². The smallest absolute Gasteiger partial charge is 0.243 e. The number of benzene rings is 1. The van der Waals surface area contributed by atoms with E-state index in [1.807, 2.05) is 0 Å². The van der Waals surface area contributed by atoms with Crippen LogP contribution < -0.4 is 14.2 Å². The van der Waals surface area contributed by atoms with Gasteiger partial charge in [0, 0.05) is 0 Å². The molecule has 2 atom stereocenters. The lowest BCUT2D eigenvalue weighted by Gasteiger charge is -2.21. The number of halogens is 1. The zero-order chi connectivity index (χ0) is 26.0. The minimum atomic E-state index is -4.23. The number of hydrogen-bond donors (Lipinski definition) is 2. The van der Waals surface area contributed by atoms with Gasteiger partial charge < -0.3 is 19.0 Å². The number of anilines is 1. The number of aliphatic hydroxyl groups is 1. The lowest BCUT2D eigenvalue weighted by atomic mass is 10.2. The highest BCUT2D eigenvalue weighted by Crippen LogP contribution is 2.38. The second kappa shape index (κ2) is 10.2. The average molecular weight is 534 g/mol. The molecule has 2 N–H and O–H groups in total. The number of para-hydroxylation sites is 1. The summed E-state index contributed by atoms with van der Waals surface area (Å²) in [6.45, 7) is 3.11. The molecule has 0 aliphatic rings. The van der Waals surface area contributed by atoms with E-state index in [1.165, 1.54) is 37.8 Å². The van der Waals surface area contributed by atoms with Gasteiger partial charge in [0.25, 0.3) is 0 Å². The molecule has 0 aliphatic heterocycles. The van der Waals surface area contributed by atoms with Crippen molar-refractivity contribution in [3.8, 4) is 28.8 Å². The van der Waals surface area contributed by atoms with Crippen LogP contribution in [-0.2, 0) is 10.0 Å². The third-order valence-electron chi connectivity index (χ3n) is 5.46. The van der Waals surface area contributed by atoms with Crippen molar-refractivity contribution in [2.45, 2.75) is 25.2 Å². The Morgan fingerprint density at radius 2 is 1.72 bits per heavy atom. The van der Waals surface area contributed by atoms with Crippen LogP contribution >= 0.6 is 11.6 Å². The number of aryl methyl sites for hydroxylation is 1. The van der Waals surface area contributed by atoms with Crippen LogP contribution in [0.15, 0.2) is 52.9 Å². The Bertz CT molecular complexity index is 1460. The van der Waals surface area contributed by atoms with Crippen molar-refractivity contribution in [3.05, 3.63) is 65.1 Å². The molecule has 4 rings (SSSR count). The van der Waals surface area contributed by atoms with E-state index in [2.05, 4.69) is 19.9 Å². The molecule has 3 aromatic heterocycles. The molecule has 4 aromatic rings. The standard InChI is InChI=1S/C23H24ClN5O6S/c1-13-11-12-18(35-13)22-26-27-23(29(22)20-16(33-3)8-6-9-17(20)34-4)28-36(31,32)14(2)21(30)15-7-5-10-19(24)25-15/h5-12,14,21,30H,1-4H3,(H,27,28)/t14-,21-/m1/s1. The van der Waals surface area contributed by atoms with Crippen LogP contribution in [0.3, 0.4) is 0 Å². The van der Waals surface area contributed by atoms with Crippen molar-refractivity contribution in [2.75, 3.05) is 18.9 Å². The number of nitrogens with one attached hydrogen (secondary N) is 1. The van der Waals surface area contributed by atoms with Crippen LogP contribution in [0.1, 0.15) is 24.5 Å². The first-order valence-corrected chi connectivity index (χ1v) is 12.6. The van der Waals surface area contributed by atoms with E-state index in [0.29, 0.717) is 28.7 Å². The molecule has 0 unspecified atom stereocenters. The number of aromatic nitrogens is 4. The number of methoxy groups -OCH3 is 2. The van der Waals surface area contributed by atoms with Gasteiger partial charge in [0.15, 0.2) is 5.76 Å². The molecule has 1 aromatic carbocycles. The highest BCUT2D eigenvalue weighted by atomic mass is 35.5. The summed E-state index contributed by atoms with van der Waals surface area (Å²) < 4.78 is 47.3. The predicted molar refractivity (Wildman–Crippen MR) is 133 cm³/mol. The maximum atomic E-state index is 13.3. The number of ether oxygens (including phenoxy) is 2. The number of pyridine rings is 1. The number of aliphatic hydroxyl groups excluding tert-OH is 1. The van der Waals surface area contributed by atoms with Gasteiger partial charge >= 0.3 is 0 Å². The Kier molecular flexibility index (Phi) is 7.20. The second-order valence-electron chi connectivity index (χ2n) is 7.79. The van der Waals surface area contributed by atoms with Gasteiger partial charge in [-0.2, -0.15) is 0 Å². The summed E-state index contributed by atoms with van der Waals surface area (Å²) in [6.07, 6.45) is -1.47. The fraction of sp³-hybridized carbons (Fsp3) is 0.261. The molecule has 0 amide bonds. The van der Waals surface area contributed by atoms with E-state index in [4.69, 9.17) is 25.5 Å². The topological polar surface area (TPSA) is 142 Å². The minimum Gasteiger partial charge on any atom is -0.494 e. The van der Waals surface area contributed by atoms with Crippen molar-refractivity contribution in [1.82, 2.24) is 19.7 Å². The van der Waals surface area contributed by atoms with Crippen molar-refractivity contribution >= 4 is 27.6 Å². The third kappa shape index (κ3) is 4.87. The van der Waals surface area contributed by atoms with Gasteiger partial charge in [-0.15, -0.1) is 10.2 Å². The summed E-state index contributed by atoms with van der Waals surface area (Å²) in [5.74, 6) is 1.74. The third-order valence-corrected chi connectivity index (χ3v) is 7.37. The maximum absolute atomic E-state index is 13.3. The molecule has 11 nitrogen and oxygen atoms in total. The highest BCUT2D eigenvalue weighted by molar-refractivity contribution is 7.93. The normalized spacial score (nSPS) is 13.3. The molecule has 0 radical (unpaired) electrons. The van der Waals surface area contributed by atoms with E-state index in [0.717, 1.165) is 0 Å². The summed E-state index contributed by atoms with van der Waals surface area (Å²) in [6, 6.07) is 13.1. The number of sulfonamides is 1. The fourth-order valence-electron chi connectivity index (χ4n) is 3.55. The lowest BCUT2D eigenvalue weighted by molar-refractivity contribution is 0.171. The molecule has 3 heterocycles. The summed E-state index contributed by atoms with van der Waals surface area (Å²) >= 11 is 5.90. The van der Waals surface area contributed by atoms with E-state index < -0.39 is 21.4 Å². The second-order valence-corrected chi connectivity index (χ2v) is 10.2. The van der Waals surface area contributed by atoms with Crippen LogP contribution in [0.4, 0.5) is 5.95 Å². The van der Waals surface area contributed by atoms with E-state index >= 15 is 0 Å². The molecule has 0 saturated carbocycles. The molecule has 0 aliphatic carbocycles. The minimum absolute atomic E-state index is 0.111. The number of hydrogen-bond acceptors (Lipinski definition) is 9. The van der Waals surface area contributed by atoms with Crippen LogP contribution in [0.2, 0.25) is 5.15 Å². The molecule has 0 bridgehead atoms. The van der Waals surface area contributed by atoms with E-state index in [9.17, 15) is 13.5 Å². The largest absolute Gasteiger partial charge is 0.494 e. The first-order valence-electron chi connectivity index (χ1n) is 10.7. The number of rotatable bonds is 9. The van der Waals surface area contributed by atoms with Crippen LogP contribution in [0, 0.1) is 6.92 Å². The van der Waals surface area contributed by atoms with Crippen molar-refractivity contribution in [3.63, 3.8) is 0 Å². The van der Waals surface area contributed by atoms with Gasteiger partial charge in [0.1, 0.15) is 39.5 Å². The SMILES string of the molecule is COc1cccc(OC)c1-n1c(NS(=O)(=O)[C@H](C)[C@@H](O)c2cccc(Cl)n2)nnc1-c1ccc(C)o1. The van der Waals surface area contributed by atoms with Crippen LogP contribution in [0.5, 0.6) is 11.5 Å². The summed E-state index contributed by atoms with van der Waals surface area (Å²) in [5, 5.41) is 17.8. The van der Waals surface area contributed by atoms with Gasteiger partial charge in [-0.1, -0.05) is 23.7 Å². The molecule has 0 saturated heterocycles. The first kappa shape index (κ1) is 25.5. The van der Waals surface area contributed by atoms with Crippen LogP contribution in [0.25, 0.3) is 17.3 Å². The Morgan fingerprint density at radius 1 is 1.06 bits per heavy atom. The Hall–Kier alpha value is -3.61. The molecule has 13 heteroatoms. The molecule has 190 valence electrons. The Labute approximate surface area is 212 Å². The predicted octanol–water partition coefficient (Wildman–Crippen LogP) is 3.77. The maximum Gasteiger partial charge on any atom is 0.243 e. The van der Waals surface area contributed by atoms with Crippen LogP contribution in [-0.4, -0.2) is 52.7 Å². The van der Waals surface area contributed by atoms with Gasteiger partial charge in [0.05, 0.1) is 19.9 Å². The highest BCUT2D eigenvalue weighted by Gasteiger charge is 2.33. The molecule has 36 heavy (non-hydrogen) atoms. The zero-order valence-corrected chi connectivity index (χ0v) is 21.4. The van der Waals surface area contributed by atoms with E-state index in [1.54, 1.807) is 43.3 Å². The number of furan rings is 1. The van der Waals surface area contributed by atoms with Crippen molar-refractivity contribution < 1.29 is 27.4 Å². The van der Waals surface area contributed by atoms with Crippen molar-refractivity contribution in [1.29, 1.82) is 0 Å². The summed E-state index contributed by atoms with van der Waals surface area (Å²) in [5.41, 5.74) is 0.457. The lowest BCUT2D eigenvalue weighted by Crippen LogP contribution is -2.32. The fourth-order valence-corrected chi connectivity index (χ4v) is 4.77. The van der Waals surface area contributed by atoms with Gasteiger partial charge in [-0.3, -0.25) is 9.29 Å². The first-order chi connectivity index (χ1) is 17.2. The Balaban J connectivity index is 1.82.